The van der Waals surface area contributed by atoms with E-state index in [1.54, 1.807) is 12.4 Å². The predicted molar refractivity (Wildman–Crippen MR) is 74.0 cm³/mol. The summed E-state index contributed by atoms with van der Waals surface area (Å²) in [7, 11) is 0. The van der Waals surface area contributed by atoms with Gasteiger partial charge in [-0.1, -0.05) is 24.3 Å². The molecule has 3 rings (SSSR count). The molecular weight excluding hydrogens is 236 g/mol. The quantitative estimate of drug-likeness (QED) is 0.669. The summed E-state index contributed by atoms with van der Waals surface area (Å²) in [6.07, 6.45) is 3.75. The first kappa shape index (κ1) is 11.5. The Labute approximate surface area is 111 Å². The molecule has 0 radical (unpaired) electrons. The van der Waals surface area contributed by atoms with Gasteiger partial charge in [-0.15, -0.1) is 0 Å². The number of carbonyl (C=O) groups excluding carboxylic acids is 1. The summed E-state index contributed by atoms with van der Waals surface area (Å²) in [6, 6.07) is 15.1. The molecule has 0 aliphatic rings. The maximum atomic E-state index is 12.2. The van der Waals surface area contributed by atoms with Crippen LogP contribution in [0.1, 0.15) is 16.1 Å². The van der Waals surface area contributed by atoms with Crippen LogP contribution < -0.4 is 0 Å². The van der Waals surface area contributed by atoms with E-state index in [-0.39, 0.29) is 5.78 Å². The summed E-state index contributed by atoms with van der Waals surface area (Å²) in [5, 5.41) is 1.04. The minimum Gasteiger partial charge on any atom is -0.294 e. The Balaban J connectivity index is 1.89. The van der Waals surface area contributed by atoms with Crippen LogP contribution in [0.25, 0.3) is 10.9 Å². The van der Waals surface area contributed by atoms with Crippen LogP contribution in [0.3, 0.4) is 0 Å². The zero-order chi connectivity index (χ0) is 13.1. The first-order valence-corrected chi connectivity index (χ1v) is 6.11. The number of aromatic nitrogens is 2. The fraction of sp³-hybridized carbons (Fsp3) is 0.0625. The summed E-state index contributed by atoms with van der Waals surface area (Å²) in [6.45, 7) is 0. The number of rotatable bonds is 3. The van der Waals surface area contributed by atoms with Crippen LogP contribution in [0.5, 0.6) is 0 Å². The minimum atomic E-state index is 0.0613. The lowest BCUT2D eigenvalue weighted by atomic mass is 10.0. The van der Waals surface area contributed by atoms with Gasteiger partial charge in [0.15, 0.2) is 5.78 Å². The SMILES string of the molecule is O=C(Cc1ccccn1)c1ccc2cccnc2c1. The van der Waals surface area contributed by atoms with Gasteiger partial charge >= 0.3 is 0 Å². The molecule has 2 heterocycles. The van der Waals surface area contributed by atoms with E-state index in [0.29, 0.717) is 12.0 Å². The number of ketones is 1. The Hall–Kier alpha value is -2.55. The number of hydrogen-bond donors (Lipinski definition) is 0. The number of benzene rings is 1. The topological polar surface area (TPSA) is 42.9 Å². The van der Waals surface area contributed by atoms with Crippen LogP contribution in [-0.4, -0.2) is 15.8 Å². The van der Waals surface area contributed by atoms with Gasteiger partial charge in [-0.2, -0.15) is 0 Å². The highest BCUT2D eigenvalue weighted by Crippen LogP contribution is 2.14. The number of fused-ring (bicyclic) bond motifs is 1. The van der Waals surface area contributed by atoms with Crippen molar-refractivity contribution in [3.8, 4) is 0 Å². The van der Waals surface area contributed by atoms with E-state index in [1.807, 2.05) is 48.5 Å². The Morgan fingerprint density at radius 2 is 1.84 bits per heavy atom. The van der Waals surface area contributed by atoms with Gasteiger partial charge < -0.3 is 0 Å². The Morgan fingerprint density at radius 1 is 0.947 bits per heavy atom. The third-order valence-electron chi connectivity index (χ3n) is 3.00. The largest absolute Gasteiger partial charge is 0.294 e. The van der Waals surface area contributed by atoms with Gasteiger partial charge in [-0.3, -0.25) is 14.8 Å². The molecule has 0 bridgehead atoms. The van der Waals surface area contributed by atoms with Crippen LogP contribution in [0, 0.1) is 0 Å². The van der Waals surface area contributed by atoms with Gasteiger partial charge in [0.2, 0.25) is 0 Å². The average Bonchev–Trinajstić information content (AvgIpc) is 2.48. The first-order valence-electron chi connectivity index (χ1n) is 6.11. The highest BCUT2D eigenvalue weighted by molar-refractivity contribution is 6.00. The van der Waals surface area contributed by atoms with Crippen LogP contribution >= 0.6 is 0 Å². The summed E-state index contributed by atoms with van der Waals surface area (Å²) in [4.78, 5) is 20.6. The molecule has 0 spiro atoms. The summed E-state index contributed by atoms with van der Waals surface area (Å²) in [5.41, 5.74) is 2.31. The molecule has 0 aliphatic carbocycles. The van der Waals surface area contributed by atoms with Crippen molar-refractivity contribution < 1.29 is 4.79 Å². The van der Waals surface area contributed by atoms with Crippen molar-refractivity contribution in [2.45, 2.75) is 6.42 Å². The van der Waals surface area contributed by atoms with Crippen molar-refractivity contribution in [2.75, 3.05) is 0 Å². The summed E-state index contributed by atoms with van der Waals surface area (Å²) < 4.78 is 0. The third kappa shape index (κ3) is 2.50. The molecule has 0 fully saturated rings. The van der Waals surface area contributed by atoms with E-state index in [2.05, 4.69) is 9.97 Å². The van der Waals surface area contributed by atoms with Crippen molar-refractivity contribution in [3.63, 3.8) is 0 Å². The first-order chi connectivity index (χ1) is 9.33. The zero-order valence-electron chi connectivity index (χ0n) is 10.3. The number of Topliss-reactive ketones (excluding diaryl/α,β-unsaturated/α-hetero) is 1. The molecular formula is C16H12N2O. The molecule has 92 valence electrons. The maximum Gasteiger partial charge on any atom is 0.168 e. The molecule has 0 atom stereocenters. The normalized spacial score (nSPS) is 10.5. The molecule has 0 amide bonds. The molecule has 3 aromatic rings. The minimum absolute atomic E-state index is 0.0613. The van der Waals surface area contributed by atoms with Gasteiger partial charge in [0.1, 0.15) is 0 Å². The highest BCUT2D eigenvalue weighted by atomic mass is 16.1. The molecule has 3 heteroatoms. The molecule has 3 nitrogen and oxygen atoms in total. The standard InChI is InChI=1S/C16H12N2O/c19-16(11-14-5-1-2-8-17-14)13-7-6-12-4-3-9-18-15(12)10-13/h1-10H,11H2. The van der Waals surface area contributed by atoms with Crippen molar-refractivity contribution in [1.82, 2.24) is 9.97 Å². The van der Waals surface area contributed by atoms with Crippen LogP contribution in [0.2, 0.25) is 0 Å². The maximum absolute atomic E-state index is 12.2. The van der Waals surface area contributed by atoms with Gasteiger partial charge in [0.25, 0.3) is 0 Å². The Morgan fingerprint density at radius 3 is 2.68 bits per heavy atom. The second kappa shape index (κ2) is 4.98. The predicted octanol–water partition coefficient (Wildman–Crippen LogP) is 3.06. The smallest absolute Gasteiger partial charge is 0.168 e. The number of pyridine rings is 2. The van der Waals surface area contributed by atoms with E-state index in [0.717, 1.165) is 16.6 Å². The summed E-state index contributed by atoms with van der Waals surface area (Å²) in [5.74, 6) is 0.0613. The van der Waals surface area contributed by atoms with E-state index in [4.69, 9.17) is 0 Å². The molecule has 2 aromatic heterocycles. The summed E-state index contributed by atoms with van der Waals surface area (Å²) >= 11 is 0. The van der Waals surface area contributed by atoms with Crippen LogP contribution in [0.4, 0.5) is 0 Å². The van der Waals surface area contributed by atoms with Crippen LogP contribution in [0.15, 0.2) is 60.9 Å². The highest BCUT2D eigenvalue weighted by Gasteiger charge is 2.08. The van der Waals surface area contributed by atoms with Gasteiger partial charge in [0.05, 0.1) is 11.9 Å². The average molecular weight is 248 g/mol. The molecule has 0 unspecified atom stereocenters. The van der Waals surface area contributed by atoms with Gasteiger partial charge in [0, 0.05) is 29.0 Å². The van der Waals surface area contributed by atoms with Crippen LogP contribution in [-0.2, 0) is 6.42 Å². The fourth-order valence-electron chi connectivity index (χ4n) is 2.01. The molecule has 1 aromatic carbocycles. The van der Waals surface area contributed by atoms with E-state index < -0.39 is 0 Å². The number of carbonyl (C=O) groups is 1. The second-order valence-electron chi connectivity index (χ2n) is 4.33. The van der Waals surface area contributed by atoms with Crippen molar-refractivity contribution in [2.24, 2.45) is 0 Å². The van der Waals surface area contributed by atoms with Crippen molar-refractivity contribution in [1.29, 1.82) is 0 Å². The van der Waals surface area contributed by atoms with Crippen molar-refractivity contribution in [3.05, 3.63) is 72.2 Å². The van der Waals surface area contributed by atoms with E-state index >= 15 is 0 Å². The third-order valence-corrected chi connectivity index (χ3v) is 3.00. The van der Waals surface area contributed by atoms with Gasteiger partial charge in [-0.05, 0) is 24.3 Å². The number of nitrogens with zero attached hydrogens (tertiary/aromatic N) is 2. The Kier molecular flexibility index (Phi) is 3.02. The lowest BCUT2D eigenvalue weighted by molar-refractivity contribution is 0.0992. The lowest BCUT2D eigenvalue weighted by Gasteiger charge is -2.02. The van der Waals surface area contributed by atoms with E-state index in [1.165, 1.54) is 0 Å². The number of hydrogen-bond acceptors (Lipinski definition) is 3. The molecule has 0 saturated carbocycles. The fourth-order valence-corrected chi connectivity index (χ4v) is 2.01. The Bertz CT molecular complexity index is 723. The monoisotopic (exact) mass is 248 g/mol. The second-order valence-corrected chi connectivity index (χ2v) is 4.33. The zero-order valence-corrected chi connectivity index (χ0v) is 10.3. The lowest BCUT2D eigenvalue weighted by Crippen LogP contribution is -2.04. The van der Waals surface area contributed by atoms with E-state index in [9.17, 15) is 4.79 Å². The molecule has 19 heavy (non-hydrogen) atoms. The molecule has 0 N–H and O–H groups in total. The molecule has 0 aliphatic heterocycles. The van der Waals surface area contributed by atoms with Gasteiger partial charge in [-0.25, -0.2) is 0 Å². The molecule has 0 saturated heterocycles. The van der Waals surface area contributed by atoms with Crippen molar-refractivity contribution >= 4 is 16.7 Å².